The molecule has 0 spiro atoms. The molecular weight excluding hydrogens is 356 g/mol. The number of anilines is 1. The third-order valence-electron chi connectivity index (χ3n) is 4.85. The zero-order valence-electron chi connectivity index (χ0n) is 15.9. The van der Waals surface area contributed by atoms with E-state index >= 15 is 0 Å². The highest BCUT2D eigenvalue weighted by atomic mass is 16.5. The molecule has 3 aromatic rings. The summed E-state index contributed by atoms with van der Waals surface area (Å²) < 4.78 is 5.32. The monoisotopic (exact) mass is 378 g/mol. The normalized spacial score (nSPS) is 14.9. The van der Waals surface area contributed by atoms with Crippen LogP contribution in [0.3, 0.4) is 0 Å². The van der Waals surface area contributed by atoms with Crippen LogP contribution in [-0.2, 0) is 0 Å². The van der Waals surface area contributed by atoms with Crippen LogP contribution in [0.15, 0.2) is 41.2 Å². The van der Waals surface area contributed by atoms with Gasteiger partial charge >= 0.3 is 0 Å². The van der Waals surface area contributed by atoms with Gasteiger partial charge in [-0.3, -0.25) is 9.78 Å². The molecule has 0 saturated carbocycles. The van der Waals surface area contributed by atoms with Crippen molar-refractivity contribution in [1.82, 2.24) is 25.4 Å². The summed E-state index contributed by atoms with van der Waals surface area (Å²) in [6.07, 6.45) is 5.06. The Kier molecular flexibility index (Phi) is 5.01. The van der Waals surface area contributed by atoms with Gasteiger partial charge in [0.1, 0.15) is 5.82 Å². The van der Waals surface area contributed by atoms with Gasteiger partial charge < -0.3 is 14.7 Å². The van der Waals surface area contributed by atoms with E-state index in [0.29, 0.717) is 17.3 Å². The van der Waals surface area contributed by atoms with Gasteiger partial charge in [0.05, 0.1) is 11.1 Å². The van der Waals surface area contributed by atoms with Gasteiger partial charge in [-0.2, -0.15) is 4.98 Å². The van der Waals surface area contributed by atoms with Crippen LogP contribution in [0, 0.1) is 13.8 Å². The molecule has 0 unspecified atom stereocenters. The Hall–Kier alpha value is -3.29. The van der Waals surface area contributed by atoms with Crippen LogP contribution in [0.1, 0.15) is 34.7 Å². The quantitative estimate of drug-likeness (QED) is 0.745. The summed E-state index contributed by atoms with van der Waals surface area (Å²) in [5, 5.41) is 6.98. The molecule has 1 N–H and O–H groups in total. The van der Waals surface area contributed by atoms with Gasteiger partial charge in [-0.25, -0.2) is 4.98 Å². The lowest BCUT2D eigenvalue weighted by molar-refractivity contribution is 0.0930. The molecule has 144 valence electrons. The molecule has 1 saturated heterocycles. The maximum absolute atomic E-state index is 12.4. The molecule has 0 bridgehead atoms. The number of piperidine rings is 1. The summed E-state index contributed by atoms with van der Waals surface area (Å²) in [6.45, 7) is 5.27. The molecule has 8 nitrogen and oxygen atoms in total. The largest absolute Gasteiger partial charge is 0.356 e. The molecule has 8 heteroatoms. The highest BCUT2D eigenvalue weighted by Gasteiger charge is 2.25. The Morgan fingerprint density at radius 3 is 2.68 bits per heavy atom. The first-order valence-electron chi connectivity index (χ1n) is 9.34. The molecule has 3 aromatic heterocycles. The minimum Gasteiger partial charge on any atom is -0.356 e. The number of nitrogens with zero attached hydrogens (tertiary/aromatic N) is 5. The lowest BCUT2D eigenvalue weighted by Gasteiger charge is -2.33. The molecule has 0 radical (unpaired) electrons. The summed E-state index contributed by atoms with van der Waals surface area (Å²) in [4.78, 5) is 27.7. The predicted molar refractivity (Wildman–Crippen MR) is 104 cm³/mol. The summed E-state index contributed by atoms with van der Waals surface area (Å²) in [6, 6.07) is 7.58. The Bertz CT molecular complexity index is 961. The minimum atomic E-state index is -0.0780. The zero-order chi connectivity index (χ0) is 19.5. The highest BCUT2D eigenvalue weighted by Crippen LogP contribution is 2.29. The molecular formula is C20H22N6O2. The van der Waals surface area contributed by atoms with Crippen molar-refractivity contribution in [2.45, 2.75) is 32.7 Å². The van der Waals surface area contributed by atoms with Crippen LogP contribution < -0.4 is 10.2 Å². The van der Waals surface area contributed by atoms with Crippen molar-refractivity contribution in [2.24, 2.45) is 0 Å². The molecule has 1 fully saturated rings. The first-order valence-corrected chi connectivity index (χ1v) is 9.34. The topological polar surface area (TPSA) is 97.0 Å². The lowest BCUT2D eigenvalue weighted by Crippen LogP contribution is -2.45. The Labute approximate surface area is 163 Å². The summed E-state index contributed by atoms with van der Waals surface area (Å²) in [7, 11) is 0. The fraction of sp³-hybridized carbons (Fsp3) is 0.350. The highest BCUT2D eigenvalue weighted by molar-refractivity contribution is 5.94. The number of carbonyl (C=O) groups is 1. The van der Waals surface area contributed by atoms with Crippen molar-refractivity contribution in [2.75, 3.05) is 18.0 Å². The van der Waals surface area contributed by atoms with Crippen molar-refractivity contribution in [1.29, 1.82) is 0 Å². The van der Waals surface area contributed by atoms with Crippen LogP contribution in [0.5, 0.6) is 0 Å². The molecule has 0 atom stereocenters. The lowest BCUT2D eigenvalue weighted by atomic mass is 10.0. The number of rotatable bonds is 4. The van der Waals surface area contributed by atoms with E-state index in [9.17, 15) is 4.79 Å². The fourth-order valence-corrected chi connectivity index (χ4v) is 3.33. The van der Waals surface area contributed by atoms with Crippen molar-refractivity contribution >= 4 is 11.7 Å². The van der Waals surface area contributed by atoms with E-state index in [1.54, 1.807) is 25.4 Å². The summed E-state index contributed by atoms with van der Waals surface area (Å²) in [5.74, 6) is 1.82. The van der Waals surface area contributed by atoms with Gasteiger partial charge in [0, 0.05) is 37.2 Å². The van der Waals surface area contributed by atoms with Gasteiger partial charge in [-0.05, 0) is 51.0 Å². The number of nitrogens with one attached hydrogen (secondary N) is 1. The first-order chi connectivity index (χ1) is 13.6. The number of aromatic nitrogens is 4. The smallest absolute Gasteiger partial charge is 0.261 e. The molecule has 1 aliphatic heterocycles. The van der Waals surface area contributed by atoms with E-state index in [0.717, 1.165) is 43.0 Å². The van der Waals surface area contributed by atoms with E-state index in [1.807, 2.05) is 25.1 Å². The molecule has 4 heterocycles. The van der Waals surface area contributed by atoms with Crippen LogP contribution in [0.25, 0.3) is 11.5 Å². The third kappa shape index (κ3) is 3.85. The van der Waals surface area contributed by atoms with Crippen LogP contribution in [-0.4, -0.2) is 45.1 Å². The minimum absolute atomic E-state index is 0.0780. The molecule has 28 heavy (non-hydrogen) atoms. The van der Waals surface area contributed by atoms with Crippen LogP contribution in [0.2, 0.25) is 0 Å². The van der Waals surface area contributed by atoms with Gasteiger partial charge in [-0.1, -0.05) is 5.16 Å². The number of aryl methyl sites for hydroxylation is 2. The number of amides is 1. The van der Waals surface area contributed by atoms with Gasteiger partial charge in [0.25, 0.3) is 11.8 Å². The maximum atomic E-state index is 12.4. The second kappa shape index (κ2) is 7.75. The van der Waals surface area contributed by atoms with Crippen LogP contribution >= 0.6 is 0 Å². The van der Waals surface area contributed by atoms with E-state index < -0.39 is 0 Å². The van der Waals surface area contributed by atoms with Crippen molar-refractivity contribution in [3.63, 3.8) is 0 Å². The number of hydrogen-bond donors (Lipinski definition) is 1. The van der Waals surface area contributed by atoms with Crippen LogP contribution in [0.4, 0.5) is 5.82 Å². The van der Waals surface area contributed by atoms with E-state index in [4.69, 9.17) is 4.52 Å². The number of hydrogen-bond acceptors (Lipinski definition) is 7. The van der Waals surface area contributed by atoms with Crippen molar-refractivity contribution in [3.05, 3.63) is 53.7 Å². The maximum Gasteiger partial charge on any atom is 0.261 e. The Morgan fingerprint density at radius 1 is 1.18 bits per heavy atom. The predicted octanol–water partition coefficient (Wildman–Crippen LogP) is 2.54. The molecule has 0 aromatic carbocycles. The van der Waals surface area contributed by atoms with E-state index in [-0.39, 0.29) is 11.9 Å². The van der Waals surface area contributed by atoms with Crippen molar-refractivity contribution in [3.8, 4) is 11.5 Å². The third-order valence-corrected chi connectivity index (χ3v) is 4.85. The fourth-order valence-electron chi connectivity index (χ4n) is 3.33. The second-order valence-corrected chi connectivity index (χ2v) is 6.94. The molecule has 4 rings (SSSR count). The molecule has 0 aliphatic carbocycles. The van der Waals surface area contributed by atoms with Gasteiger partial charge in [0.2, 0.25) is 0 Å². The zero-order valence-corrected chi connectivity index (χ0v) is 15.9. The standard InChI is InChI=1S/C20H22N6O2/c1-13-5-6-15(12-22-13)19(27)24-16-7-10-26(11-8-16)18-17(4-3-9-21-18)20-23-14(2)25-28-20/h3-6,9,12,16H,7-8,10-11H2,1-2H3,(H,24,27). The Morgan fingerprint density at radius 2 is 2.00 bits per heavy atom. The number of carbonyl (C=O) groups excluding carboxylic acids is 1. The first kappa shape index (κ1) is 18.1. The van der Waals surface area contributed by atoms with Gasteiger partial charge in [-0.15, -0.1) is 0 Å². The summed E-state index contributed by atoms with van der Waals surface area (Å²) in [5.41, 5.74) is 2.32. The second-order valence-electron chi connectivity index (χ2n) is 6.94. The average Bonchev–Trinajstić information content (AvgIpc) is 3.15. The number of pyridine rings is 2. The van der Waals surface area contributed by atoms with E-state index in [1.165, 1.54) is 0 Å². The van der Waals surface area contributed by atoms with E-state index in [2.05, 4.69) is 30.3 Å². The van der Waals surface area contributed by atoms with Crippen molar-refractivity contribution < 1.29 is 9.32 Å². The SMILES string of the molecule is Cc1ccc(C(=O)NC2CCN(c3ncccc3-c3nc(C)no3)CC2)cn1. The molecule has 1 amide bonds. The average molecular weight is 378 g/mol. The van der Waals surface area contributed by atoms with Gasteiger partial charge in [0.15, 0.2) is 5.82 Å². The molecule has 1 aliphatic rings. The Balaban J connectivity index is 1.41. The summed E-state index contributed by atoms with van der Waals surface area (Å²) >= 11 is 0.